The molecular weight excluding hydrogens is 230 g/mol. The molecule has 1 fully saturated rings. The van der Waals surface area contributed by atoms with Gasteiger partial charge in [-0.2, -0.15) is 0 Å². The fraction of sp³-hybridized carbons (Fsp3) is 0.500. The molecular formula is C14H19NO3. The second-order valence-electron chi connectivity index (χ2n) is 4.75. The van der Waals surface area contributed by atoms with Gasteiger partial charge in [0, 0.05) is 6.04 Å². The molecule has 1 atom stereocenters. The lowest BCUT2D eigenvalue weighted by atomic mass is 10.2. The first-order chi connectivity index (χ1) is 8.66. The van der Waals surface area contributed by atoms with Crippen molar-refractivity contribution >= 4 is 6.09 Å². The normalized spacial score (nSPS) is 19.4. The second kappa shape index (κ2) is 5.87. The van der Waals surface area contributed by atoms with E-state index in [1.54, 1.807) is 4.90 Å². The maximum atomic E-state index is 11.5. The van der Waals surface area contributed by atoms with Crippen LogP contribution in [-0.2, 0) is 16.1 Å². The molecule has 2 rings (SSSR count). The van der Waals surface area contributed by atoms with Crippen LogP contribution in [0, 0.1) is 0 Å². The smallest absolute Gasteiger partial charge is 0.410 e. The van der Waals surface area contributed by atoms with Gasteiger partial charge < -0.3 is 14.4 Å². The van der Waals surface area contributed by atoms with Crippen molar-refractivity contribution in [2.45, 2.75) is 32.6 Å². The molecule has 98 valence electrons. The summed E-state index contributed by atoms with van der Waals surface area (Å²) in [4.78, 5) is 13.2. The lowest BCUT2D eigenvalue weighted by Gasteiger charge is -2.16. The molecule has 1 aromatic carbocycles. The Bertz CT molecular complexity index is 391. The first kappa shape index (κ1) is 12.9. The van der Waals surface area contributed by atoms with Crippen LogP contribution in [-0.4, -0.2) is 36.3 Å². The van der Waals surface area contributed by atoms with E-state index in [0.29, 0.717) is 19.8 Å². The summed E-state index contributed by atoms with van der Waals surface area (Å²) in [6.07, 6.45) is -0.387. The van der Waals surface area contributed by atoms with Crippen LogP contribution in [0.3, 0.4) is 0 Å². The van der Waals surface area contributed by atoms with Crippen LogP contribution >= 0.6 is 0 Å². The molecule has 0 spiro atoms. The number of cyclic esters (lactones) is 1. The highest BCUT2D eigenvalue weighted by atomic mass is 16.6. The van der Waals surface area contributed by atoms with Crippen LogP contribution in [0.25, 0.3) is 0 Å². The van der Waals surface area contributed by atoms with Crippen LogP contribution in [0.4, 0.5) is 4.79 Å². The van der Waals surface area contributed by atoms with Gasteiger partial charge in [-0.1, -0.05) is 30.3 Å². The standard InChI is InChI=1S/C14H19NO3/c1-11(2)15-8-13(18-14(15)16)10-17-9-12-6-4-3-5-7-12/h3-7,11,13H,8-10H2,1-2H3/t13-/m0/s1. The minimum absolute atomic E-state index is 0.149. The Morgan fingerprint density at radius 2 is 2.11 bits per heavy atom. The van der Waals surface area contributed by atoms with Crippen molar-refractivity contribution in [1.82, 2.24) is 4.90 Å². The molecule has 0 N–H and O–H groups in total. The largest absolute Gasteiger partial charge is 0.442 e. The molecule has 1 aliphatic rings. The van der Waals surface area contributed by atoms with Gasteiger partial charge in [0.15, 0.2) is 0 Å². The van der Waals surface area contributed by atoms with E-state index in [1.807, 2.05) is 44.2 Å². The van der Waals surface area contributed by atoms with E-state index in [0.717, 1.165) is 5.56 Å². The molecule has 1 amide bonds. The fourth-order valence-corrected chi connectivity index (χ4v) is 1.93. The summed E-state index contributed by atoms with van der Waals surface area (Å²) >= 11 is 0. The third-order valence-electron chi connectivity index (χ3n) is 2.94. The molecule has 0 bridgehead atoms. The summed E-state index contributed by atoms with van der Waals surface area (Å²) in [5.41, 5.74) is 1.13. The van der Waals surface area contributed by atoms with Crippen molar-refractivity contribution in [3.8, 4) is 0 Å². The lowest BCUT2D eigenvalue weighted by molar-refractivity contribution is 0.0381. The average molecular weight is 249 g/mol. The number of carbonyl (C=O) groups excluding carboxylic acids is 1. The monoisotopic (exact) mass is 249 g/mol. The first-order valence-corrected chi connectivity index (χ1v) is 6.25. The summed E-state index contributed by atoms with van der Waals surface area (Å²) in [5.74, 6) is 0. The summed E-state index contributed by atoms with van der Waals surface area (Å²) in [5, 5.41) is 0. The van der Waals surface area contributed by atoms with Gasteiger partial charge in [0.2, 0.25) is 0 Å². The number of nitrogens with zero attached hydrogens (tertiary/aromatic N) is 1. The van der Waals surface area contributed by atoms with Crippen molar-refractivity contribution in [2.75, 3.05) is 13.2 Å². The average Bonchev–Trinajstić information content (AvgIpc) is 2.72. The first-order valence-electron chi connectivity index (χ1n) is 6.25. The second-order valence-corrected chi connectivity index (χ2v) is 4.75. The molecule has 4 heteroatoms. The van der Waals surface area contributed by atoms with E-state index in [2.05, 4.69) is 0 Å². The van der Waals surface area contributed by atoms with Crippen molar-refractivity contribution < 1.29 is 14.3 Å². The van der Waals surface area contributed by atoms with E-state index in [-0.39, 0.29) is 18.2 Å². The Morgan fingerprint density at radius 3 is 2.72 bits per heavy atom. The number of benzene rings is 1. The molecule has 1 aliphatic heterocycles. The van der Waals surface area contributed by atoms with Crippen LogP contribution in [0.1, 0.15) is 19.4 Å². The van der Waals surface area contributed by atoms with E-state index >= 15 is 0 Å². The predicted octanol–water partition coefficient (Wildman–Crippen LogP) is 2.43. The molecule has 18 heavy (non-hydrogen) atoms. The van der Waals surface area contributed by atoms with Crippen LogP contribution in [0.2, 0.25) is 0 Å². The van der Waals surface area contributed by atoms with Gasteiger partial charge in [0.25, 0.3) is 0 Å². The van der Waals surface area contributed by atoms with E-state index in [1.165, 1.54) is 0 Å². The molecule has 0 radical (unpaired) electrons. The molecule has 0 aromatic heterocycles. The van der Waals surface area contributed by atoms with Gasteiger partial charge in [0.05, 0.1) is 19.8 Å². The topological polar surface area (TPSA) is 38.8 Å². The van der Waals surface area contributed by atoms with Crippen LogP contribution in [0.15, 0.2) is 30.3 Å². The summed E-state index contributed by atoms with van der Waals surface area (Å²) in [6, 6.07) is 10.1. The third kappa shape index (κ3) is 3.23. The number of amides is 1. The summed E-state index contributed by atoms with van der Waals surface area (Å²) in [7, 11) is 0. The SMILES string of the molecule is CC(C)N1C[C@@H](COCc2ccccc2)OC1=O. The number of rotatable bonds is 5. The maximum absolute atomic E-state index is 11.5. The van der Waals surface area contributed by atoms with Gasteiger partial charge >= 0.3 is 6.09 Å². The number of hydrogen-bond donors (Lipinski definition) is 0. The van der Waals surface area contributed by atoms with Gasteiger partial charge in [-0.15, -0.1) is 0 Å². The lowest BCUT2D eigenvalue weighted by Crippen LogP contribution is -2.32. The Morgan fingerprint density at radius 1 is 1.39 bits per heavy atom. The number of hydrogen-bond acceptors (Lipinski definition) is 3. The summed E-state index contributed by atoms with van der Waals surface area (Å²) < 4.78 is 10.8. The minimum Gasteiger partial charge on any atom is -0.442 e. The highest BCUT2D eigenvalue weighted by molar-refractivity contribution is 5.70. The highest BCUT2D eigenvalue weighted by Crippen LogP contribution is 2.15. The zero-order chi connectivity index (χ0) is 13.0. The predicted molar refractivity (Wildman–Crippen MR) is 68.2 cm³/mol. The Balaban J connectivity index is 1.74. The van der Waals surface area contributed by atoms with Gasteiger partial charge in [0.1, 0.15) is 6.10 Å². The Kier molecular flexibility index (Phi) is 4.20. The molecule has 1 saturated heterocycles. The van der Waals surface area contributed by atoms with Crippen molar-refractivity contribution in [3.05, 3.63) is 35.9 Å². The highest BCUT2D eigenvalue weighted by Gasteiger charge is 2.32. The minimum atomic E-state index is -0.238. The van der Waals surface area contributed by atoms with E-state index in [4.69, 9.17) is 9.47 Å². The maximum Gasteiger partial charge on any atom is 0.410 e. The van der Waals surface area contributed by atoms with E-state index < -0.39 is 0 Å². The Hall–Kier alpha value is -1.55. The zero-order valence-corrected chi connectivity index (χ0v) is 10.8. The number of carbonyl (C=O) groups is 1. The molecule has 1 aromatic rings. The van der Waals surface area contributed by atoms with Crippen molar-refractivity contribution in [3.63, 3.8) is 0 Å². The quantitative estimate of drug-likeness (QED) is 0.804. The van der Waals surface area contributed by atoms with Gasteiger partial charge in [-0.05, 0) is 19.4 Å². The summed E-state index contributed by atoms with van der Waals surface area (Å²) in [6.45, 7) is 5.58. The molecule has 0 aliphatic carbocycles. The zero-order valence-electron chi connectivity index (χ0n) is 10.8. The molecule has 4 nitrogen and oxygen atoms in total. The third-order valence-corrected chi connectivity index (χ3v) is 2.94. The van der Waals surface area contributed by atoms with Gasteiger partial charge in [-0.25, -0.2) is 4.79 Å². The molecule has 1 heterocycles. The van der Waals surface area contributed by atoms with Crippen LogP contribution < -0.4 is 0 Å². The Labute approximate surface area is 107 Å². The van der Waals surface area contributed by atoms with Gasteiger partial charge in [-0.3, -0.25) is 0 Å². The van der Waals surface area contributed by atoms with Crippen molar-refractivity contribution in [1.29, 1.82) is 0 Å². The van der Waals surface area contributed by atoms with E-state index in [9.17, 15) is 4.79 Å². The molecule has 0 saturated carbocycles. The molecule has 0 unspecified atom stereocenters. The van der Waals surface area contributed by atoms with Crippen LogP contribution in [0.5, 0.6) is 0 Å². The fourth-order valence-electron chi connectivity index (χ4n) is 1.93. The van der Waals surface area contributed by atoms with Crippen molar-refractivity contribution in [2.24, 2.45) is 0 Å². The number of ether oxygens (including phenoxy) is 2.